The van der Waals surface area contributed by atoms with E-state index in [1.807, 2.05) is 0 Å². The Kier molecular flexibility index (Phi) is 104. The van der Waals surface area contributed by atoms with Crippen LogP contribution in [-0.2, 0) is 23.0 Å². The van der Waals surface area contributed by atoms with Gasteiger partial charge >= 0.3 is 37.5 Å². The third-order valence-electron chi connectivity index (χ3n) is 0.167. The molecule has 1 unspecified atom stereocenters. The van der Waals surface area contributed by atoms with E-state index in [-0.39, 0.29) is 58.9 Å². The molecule has 0 aliphatic rings. The van der Waals surface area contributed by atoms with Crippen LogP contribution >= 0.6 is 16.1 Å². The molecule has 0 aromatic rings. The molecule has 0 saturated heterocycles. The van der Waals surface area contributed by atoms with Gasteiger partial charge in [0.05, 0.1) is 0 Å². The van der Waals surface area contributed by atoms with Crippen molar-refractivity contribution in [2.75, 3.05) is 0 Å². The van der Waals surface area contributed by atoms with Gasteiger partial charge in [-0.25, -0.2) is 0 Å². The Morgan fingerprint density at radius 3 is 1.22 bits per heavy atom. The summed E-state index contributed by atoms with van der Waals surface area (Å²) < 4.78 is 21.4. The Balaban J connectivity index is -0.0000000149. The van der Waals surface area contributed by atoms with Crippen LogP contribution in [0.5, 0.6) is 0 Å². The molecule has 0 aromatic heterocycles. The Morgan fingerprint density at radius 2 is 1.22 bits per heavy atom. The zero-order chi connectivity index (χ0) is 11.5. The number of hydrogen-bond donors (Lipinski definition) is 0. The molecule has 1 atom stereocenters. The second-order valence-electron chi connectivity index (χ2n) is 0.836. The molecule has 0 aliphatic carbocycles. The summed E-state index contributed by atoms with van der Waals surface area (Å²) in [6.45, 7) is 0. The SMILES string of the molecule is C.C.C.O=C=O.O=O.O=[P+]([O-])OP(=O)([O-])[O-].[CH3-].[Mg+2]. The molecule has 108 valence electrons. The molecule has 0 fully saturated rings. The first-order valence-electron chi connectivity index (χ1n) is 1.85. The van der Waals surface area contributed by atoms with Gasteiger partial charge in [-0.2, -0.15) is 9.59 Å². The average molecular weight is 321 g/mol. The van der Waals surface area contributed by atoms with E-state index < -0.39 is 16.1 Å². The quantitative estimate of drug-likeness (QED) is 0.358. The molecule has 0 spiro atoms. The van der Waals surface area contributed by atoms with Crippen LogP contribution in [-0.4, -0.2) is 29.2 Å². The minimum absolute atomic E-state index is 0. The van der Waals surface area contributed by atoms with Crippen LogP contribution in [0.15, 0.2) is 0 Å². The smallest absolute Gasteiger partial charge is 0.786 e. The third-order valence-corrected chi connectivity index (χ3v) is 1.50. The molecule has 13 heteroatoms. The number of carbonyl (C=O) groups excluding carboxylic acids is 2. The largest absolute Gasteiger partial charge is 2.00 e. The topological polar surface area (TPSA) is 181 Å². The molecule has 0 N–H and O–H groups in total. The van der Waals surface area contributed by atoms with Crippen molar-refractivity contribution in [2.24, 2.45) is 0 Å². The first kappa shape index (κ1) is 52.1. The first-order chi connectivity index (χ1) is 5.83. The predicted molar refractivity (Wildman–Crippen MR) is 60.4 cm³/mol. The molecule has 0 radical (unpaired) electrons. The van der Waals surface area contributed by atoms with Crippen molar-refractivity contribution in [1.82, 2.24) is 0 Å². The van der Waals surface area contributed by atoms with Gasteiger partial charge in [0, 0.05) is 9.93 Å². The van der Waals surface area contributed by atoms with E-state index in [9.17, 15) is 23.8 Å². The van der Waals surface area contributed by atoms with Crippen molar-refractivity contribution in [3.8, 4) is 0 Å². The third kappa shape index (κ3) is 147. The first-order valence-corrected chi connectivity index (χ1v) is 4.41. The Labute approximate surface area is 123 Å². The molecule has 18 heavy (non-hydrogen) atoms. The zero-order valence-corrected chi connectivity index (χ0v) is 10.4. The van der Waals surface area contributed by atoms with Gasteiger partial charge in [0.25, 0.3) is 0 Å². The second kappa shape index (κ2) is 36.0. The average Bonchev–Trinajstić information content (AvgIpc) is 1.87. The summed E-state index contributed by atoms with van der Waals surface area (Å²) in [6, 6.07) is 0. The van der Waals surface area contributed by atoms with Crippen molar-refractivity contribution >= 4 is 45.3 Å². The summed E-state index contributed by atoms with van der Waals surface area (Å²) in [4.78, 5) is 58.1. The van der Waals surface area contributed by atoms with Crippen LogP contribution in [0.3, 0.4) is 0 Å². The number of rotatable bonds is 2. The molecule has 10 nitrogen and oxygen atoms in total. The van der Waals surface area contributed by atoms with E-state index in [0.29, 0.717) is 0 Å². The van der Waals surface area contributed by atoms with E-state index in [0.717, 1.165) is 0 Å². The molecule has 0 heterocycles. The summed E-state index contributed by atoms with van der Waals surface area (Å²) in [5, 5.41) is 0. The van der Waals surface area contributed by atoms with E-state index in [1.165, 1.54) is 0 Å². The predicted octanol–water partition coefficient (Wildman–Crippen LogP) is -0.689. The van der Waals surface area contributed by atoms with Gasteiger partial charge < -0.3 is 26.7 Å². The fourth-order valence-electron chi connectivity index (χ4n) is 0.0816. The van der Waals surface area contributed by atoms with Crippen molar-refractivity contribution in [1.29, 1.82) is 0 Å². The summed E-state index contributed by atoms with van der Waals surface area (Å²) in [5.74, 6) is 0. The molecular formula is C5H15MgO10P2-. The van der Waals surface area contributed by atoms with Crippen molar-refractivity contribution < 1.29 is 37.7 Å². The van der Waals surface area contributed by atoms with Gasteiger partial charge in [-0.3, -0.25) is 0 Å². The van der Waals surface area contributed by atoms with Gasteiger partial charge in [0.15, 0.2) is 0 Å². The van der Waals surface area contributed by atoms with Crippen LogP contribution in [0.4, 0.5) is 0 Å². The molecule has 0 aliphatic heterocycles. The van der Waals surface area contributed by atoms with Crippen molar-refractivity contribution in [2.45, 2.75) is 22.3 Å². The standard InChI is InChI=1S/CO2.3CH4.CH3.Mg.H2O6P2.O2/c2-1-3;;;;;;1-7(2)6-8(3,4)5;1-2/h;3*1H4;1H3;;(H2,3,4,5);/q;;;;-1;+2;;/p-2. The summed E-state index contributed by atoms with van der Waals surface area (Å²) in [7, 11) is -8.89. The molecule has 0 aromatic carbocycles. The summed E-state index contributed by atoms with van der Waals surface area (Å²) in [5.41, 5.74) is 0. The maximum atomic E-state index is 9.31. The summed E-state index contributed by atoms with van der Waals surface area (Å²) in [6.07, 6.45) is 0.250. The van der Waals surface area contributed by atoms with Gasteiger partial charge in [-0.1, -0.05) is 22.3 Å². The molecular weight excluding hydrogens is 306 g/mol. The van der Waals surface area contributed by atoms with E-state index in [2.05, 4.69) is 4.31 Å². The molecule has 0 rings (SSSR count). The van der Waals surface area contributed by atoms with Crippen LogP contribution in [0.1, 0.15) is 22.3 Å². The molecule has 0 amide bonds. The minimum atomic E-state index is -5.32. The molecule has 0 saturated carbocycles. The van der Waals surface area contributed by atoms with Crippen molar-refractivity contribution in [3.05, 3.63) is 17.4 Å². The minimum Gasteiger partial charge on any atom is -0.786 e. The van der Waals surface area contributed by atoms with Crippen LogP contribution < -0.4 is 14.7 Å². The van der Waals surface area contributed by atoms with Gasteiger partial charge in [0.1, 0.15) is 7.82 Å². The van der Waals surface area contributed by atoms with Crippen LogP contribution in [0.25, 0.3) is 0 Å². The van der Waals surface area contributed by atoms with E-state index >= 15 is 0 Å². The monoisotopic (exact) mass is 321 g/mol. The number of phosphoric acid groups is 1. The summed E-state index contributed by atoms with van der Waals surface area (Å²) >= 11 is 0. The zero-order valence-electron chi connectivity index (χ0n) is 7.18. The van der Waals surface area contributed by atoms with Gasteiger partial charge in [-0.05, 0) is 4.57 Å². The Morgan fingerprint density at radius 1 is 1.06 bits per heavy atom. The Bertz CT molecular complexity index is 222. The second-order valence-corrected chi connectivity index (χ2v) is 2.83. The fraction of sp³-hybridized carbons (Fsp3) is 0.600. The van der Waals surface area contributed by atoms with Crippen molar-refractivity contribution in [3.63, 3.8) is 0 Å². The van der Waals surface area contributed by atoms with E-state index in [4.69, 9.17) is 19.5 Å². The normalized spacial score (nSPS) is 6.72. The van der Waals surface area contributed by atoms with Crippen LogP contribution in [0, 0.1) is 17.4 Å². The fourth-order valence-corrected chi connectivity index (χ4v) is 0.735. The van der Waals surface area contributed by atoms with Gasteiger partial charge in [0.2, 0.25) is 0 Å². The maximum absolute atomic E-state index is 9.31. The van der Waals surface area contributed by atoms with Gasteiger partial charge in [-0.15, -0.1) is 4.31 Å². The number of hydrogen-bond acceptors (Lipinski definition) is 10. The van der Waals surface area contributed by atoms with E-state index in [1.54, 1.807) is 0 Å². The maximum Gasteiger partial charge on any atom is 2.00 e. The van der Waals surface area contributed by atoms with Crippen LogP contribution in [0.2, 0.25) is 0 Å². The Hall–Kier alpha value is -0.0838. The molecule has 0 bridgehead atoms.